The van der Waals surface area contributed by atoms with Crippen molar-refractivity contribution in [3.05, 3.63) is 158 Å². The smallest absolute Gasteiger partial charge is 0.0628 e. The zero-order valence-corrected chi connectivity index (χ0v) is 26.9. The molecule has 2 heteroatoms. The highest BCUT2D eigenvalue weighted by Crippen LogP contribution is 2.54. The first-order valence-corrected chi connectivity index (χ1v) is 17.5. The number of nitrogens with zero attached hydrogens (tertiary/aromatic N) is 2. The highest BCUT2D eigenvalue weighted by Gasteiger charge is 2.30. The van der Waals surface area contributed by atoms with Gasteiger partial charge in [-0.3, -0.25) is 0 Å². The third-order valence-corrected chi connectivity index (χ3v) is 11.7. The largest absolute Gasteiger partial charge is 0.308 e. The van der Waals surface area contributed by atoms with E-state index in [1.54, 1.807) is 0 Å². The van der Waals surface area contributed by atoms with Gasteiger partial charge in [0.1, 0.15) is 0 Å². The standard InChI is InChI=1S/C48H26N2/c1-2-13-28-27(12-1)29-14-3-4-16-31(29)35-24-25-41-45(43(35)34-19-6-5-15-30(28)34)46-44-37-21-11-20-36-32-17-7-9-22-39(32)50(47(36)37)42(44)26-38-33-18-8-10-23-40(33)49(41)48(38)46/h1-26H. The van der Waals surface area contributed by atoms with Crippen LogP contribution in [0.5, 0.6) is 0 Å². The molecule has 13 rings (SSSR count). The van der Waals surface area contributed by atoms with Gasteiger partial charge >= 0.3 is 0 Å². The van der Waals surface area contributed by atoms with Crippen LogP contribution in [-0.4, -0.2) is 8.80 Å². The van der Waals surface area contributed by atoms with Crippen molar-refractivity contribution < 1.29 is 0 Å². The van der Waals surface area contributed by atoms with Crippen molar-refractivity contribution in [2.75, 3.05) is 0 Å². The van der Waals surface area contributed by atoms with Crippen LogP contribution in [0.1, 0.15) is 0 Å². The summed E-state index contributed by atoms with van der Waals surface area (Å²) >= 11 is 0. The number of fused-ring (bicyclic) bond motifs is 22. The summed E-state index contributed by atoms with van der Waals surface area (Å²) in [6.45, 7) is 0. The Hall–Kier alpha value is -6.64. The highest BCUT2D eigenvalue weighted by atomic mass is 14.9. The Morgan fingerprint density at radius 2 is 0.760 bits per heavy atom. The minimum absolute atomic E-state index is 1.26. The topological polar surface area (TPSA) is 8.82 Å². The molecule has 0 saturated heterocycles. The summed E-state index contributed by atoms with van der Waals surface area (Å²) in [5, 5.41) is 10.6. The Morgan fingerprint density at radius 3 is 1.44 bits per heavy atom. The van der Waals surface area contributed by atoms with E-state index in [-0.39, 0.29) is 0 Å². The Balaban J connectivity index is 1.37. The summed E-state index contributed by atoms with van der Waals surface area (Å²) in [6.07, 6.45) is 0. The maximum atomic E-state index is 2.56. The molecule has 1 aliphatic carbocycles. The van der Waals surface area contributed by atoms with E-state index in [0.29, 0.717) is 0 Å². The normalized spacial score (nSPS) is 12.8. The van der Waals surface area contributed by atoms with Crippen LogP contribution < -0.4 is 0 Å². The molecule has 1 aliphatic rings. The van der Waals surface area contributed by atoms with Gasteiger partial charge < -0.3 is 8.80 Å². The molecule has 0 radical (unpaired) electrons. The minimum atomic E-state index is 1.26. The second-order valence-corrected chi connectivity index (χ2v) is 14.0. The molecule has 0 amide bonds. The SMILES string of the molecule is c1ccc2c(c1)-c1ccccc1-c1ccc3c(c1-c1ccccc1-2)c1c2c4cccc5c6ccccc6n(c2cc2c6ccccc6n3c21)c54. The molecule has 0 fully saturated rings. The lowest BCUT2D eigenvalue weighted by Crippen LogP contribution is -1.97. The summed E-state index contributed by atoms with van der Waals surface area (Å²) in [6, 6.07) is 59.1. The van der Waals surface area contributed by atoms with Gasteiger partial charge in [0.05, 0.1) is 33.1 Å². The third-order valence-electron chi connectivity index (χ3n) is 11.7. The summed E-state index contributed by atoms with van der Waals surface area (Å²) in [5.74, 6) is 0. The lowest BCUT2D eigenvalue weighted by atomic mass is 9.79. The fourth-order valence-corrected chi connectivity index (χ4v) is 9.90. The van der Waals surface area contributed by atoms with Crippen molar-refractivity contribution >= 4 is 76.2 Å². The summed E-state index contributed by atoms with van der Waals surface area (Å²) in [4.78, 5) is 0. The first-order chi connectivity index (χ1) is 24.9. The Kier molecular flexibility index (Phi) is 4.41. The number of aromatic nitrogens is 2. The van der Waals surface area contributed by atoms with Gasteiger partial charge in [-0.25, -0.2) is 0 Å². The van der Waals surface area contributed by atoms with Gasteiger partial charge in [0, 0.05) is 48.7 Å². The van der Waals surface area contributed by atoms with Gasteiger partial charge in [0.2, 0.25) is 0 Å². The molecular formula is C48H26N2. The van der Waals surface area contributed by atoms with Crippen LogP contribution in [0, 0.1) is 0 Å². The molecule has 0 aliphatic heterocycles. The van der Waals surface area contributed by atoms with Crippen LogP contribution in [0.4, 0.5) is 0 Å². The van der Waals surface area contributed by atoms with Crippen LogP contribution in [0.3, 0.4) is 0 Å². The minimum Gasteiger partial charge on any atom is -0.308 e. The van der Waals surface area contributed by atoms with Gasteiger partial charge in [0.25, 0.3) is 0 Å². The van der Waals surface area contributed by atoms with Crippen LogP contribution in [0.2, 0.25) is 0 Å². The maximum absolute atomic E-state index is 2.56. The van der Waals surface area contributed by atoms with Crippen molar-refractivity contribution in [1.82, 2.24) is 8.80 Å². The van der Waals surface area contributed by atoms with Crippen LogP contribution in [0.25, 0.3) is 121 Å². The van der Waals surface area contributed by atoms with Crippen molar-refractivity contribution in [1.29, 1.82) is 0 Å². The molecule has 50 heavy (non-hydrogen) atoms. The zero-order chi connectivity index (χ0) is 32.2. The van der Waals surface area contributed by atoms with Crippen LogP contribution >= 0.6 is 0 Å². The van der Waals surface area contributed by atoms with Crippen LogP contribution in [0.15, 0.2) is 158 Å². The van der Waals surface area contributed by atoms with E-state index in [9.17, 15) is 0 Å². The quantitative estimate of drug-likeness (QED) is 0.158. The molecule has 8 aromatic carbocycles. The molecule has 0 saturated carbocycles. The highest BCUT2D eigenvalue weighted by molar-refractivity contribution is 6.40. The van der Waals surface area contributed by atoms with Crippen LogP contribution in [-0.2, 0) is 0 Å². The van der Waals surface area contributed by atoms with Crippen molar-refractivity contribution in [3.63, 3.8) is 0 Å². The summed E-state index contributed by atoms with van der Waals surface area (Å²) in [7, 11) is 0. The number of hydrogen-bond acceptors (Lipinski definition) is 0. The van der Waals surface area contributed by atoms with Gasteiger partial charge in [-0.1, -0.05) is 133 Å². The summed E-state index contributed by atoms with van der Waals surface area (Å²) < 4.78 is 5.10. The van der Waals surface area contributed by atoms with Gasteiger partial charge in [-0.15, -0.1) is 0 Å². The van der Waals surface area contributed by atoms with E-state index < -0.39 is 0 Å². The first-order valence-electron chi connectivity index (χ1n) is 17.5. The average Bonchev–Trinajstić information content (AvgIpc) is 3.90. The zero-order valence-electron chi connectivity index (χ0n) is 26.9. The van der Waals surface area contributed by atoms with E-state index in [4.69, 9.17) is 0 Å². The van der Waals surface area contributed by atoms with Gasteiger partial charge in [-0.05, 0) is 63.2 Å². The average molecular weight is 631 g/mol. The lowest BCUT2D eigenvalue weighted by Gasteiger charge is -2.24. The third kappa shape index (κ3) is 2.79. The molecule has 4 aromatic heterocycles. The fourth-order valence-electron chi connectivity index (χ4n) is 9.90. The molecule has 0 bridgehead atoms. The molecule has 0 spiro atoms. The lowest BCUT2D eigenvalue weighted by molar-refractivity contribution is 1.37. The van der Waals surface area contributed by atoms with Crippen molar-refractivity contribution in [2.24, 2.45) is 0 Å². The van der Waals surface area contributed by atoms with Crippen molar-refractivity contribution in [3.8, 4) is 44.5 Å². The Bertz CT molecular complexity index is 3420. The fraction of sp³-hybridized carbons (Fsp3) is 0. The molecule has 0 atom stereocenters. The Labute approximate surface area is 286 Å². The molecular weight excluding hydrogens is 605 g/mol. The van der Waals surface area contributed by atoms with E-state index in [1.165, 1.54) is 121 Å². The number of benzene rings is 8. The van der Waals surface area contributed by atoms with E-state index in [2.05, 4.69) is 167 Å². The monoisotopic (exact) mass is 630 g/mol. The molecule has 12 aromatic rings. The second kappa shape index (κ2) is 8.68. The second-order valence-electron chi connectivity index (χ2n) is 14.0. The number of rotatable bonds is 0. The maximum Gasteiger partial charge on any atom is 0.0628 e. The molecule has 2 nitrogen and oxygen atoms in total. The Morgan fingerprint density at radius 1 is 0.260 bits per heavy atom. The summed E-state index contributed by atoms with van der Waals surface area (Å²) in [5.41, 5.74) is 17.9. The predicted molar refractivity (Wildman–Crippen MR) is 211 cm³/mol. The molecule has 4 heterocycles. The molecule has 0 unspecified atom stereocenters. The van der Waals surface area contributed by atoms with Gasteiger partial charge in [0.15, 0.2) is 0 Å². The van der Waals surface area contributed by atoms with Gasteiger partial charge in [-0.2, -0.15) is 0 Å². The predicted octanol–water partition coefficient (Wildman–Crippen LogP) is 13.0. The number of hydrogen-bond donors (Lipinski definition) is 0. The first kappa shape index (κ1) is 25.4. The molecule has 0 N–H and O–H groups in total. The number of para-hydroxylation sites is 3. The van der Waals surface area contributed by atoms with Crippen molar-refractivity contribution in [2.45, 2.75) is 0 Å². The van der Waals surface area contributed by atoms with E-state index >= 15 is 0 Å². The van der Waals surface area contributed by atoms with E-state index in [0.717, 1.165) is 0 Å². The van der Waals surface area contributed by atoms with E-state index in [1.807, 2.05) is 0 Å². The molecule has 228 valence electrons.